The van der Waals surface area contributed by atoms with E-state index in [9.17, 15) is 4.79 Å². The highest BCUT2D eigenvalue weighted by atomic mass is 16.7. The number of hydrogen-bond donors (Lipinski definition) is 2. The minimum atomic E-state index is -0.500. The minimum absolute atomic E-state index is 0.0235. The van der Waals surface area contributed by atoms with Crippen molar-refractivity contribution >= 4 is 12.0 Å². The summed E-state index contributed by atoms with van der Waals surface area (Å²) in [4.78, 5) is 16.4. The predicted molar refractivity (Wildman–Crippen MR) is 114 cm³/mol. The van der Waals surface area contributed by atoms with E-state index in [0.717, 1.165) is 29.8 Å². The van der Waals surface area contributed by atoms with Gasteiger partial charge in [0.25, 0.3) is 0 Å². The van der Waals surface area contributed by atoms with E-state index >= 15 is 0 Å². The Morgan fingerprint density at radius 2 is 1.93 bits per heavy atom. The molecular formula is C24H28N2O3. The number of ether oxygens (including phenoxy) is 2. The number of carbonyl (C=O) groups excluding carboxylic acids is 1. The van der Waals surface area contributed by atoms with Gasteiger partial charge in [0.15, 0.2) is 11.5 Å². The number of amides is 1. The van der Waals surface area contributed by atoms with Gasteiger partial charge in [0.1, 0.15) is 0 Å². The van der Waals surface area contributed by atoms with Crippen molar-refractivity contribution in [2.45, 2.75) is 51.4 Å². The Morgan fingerprint density at radius 1 is 1.21 bits per heavy atom. The molecule has 0 radical (unpaired) electrons. The summed E-state index contributed by atoms with van der Waals surface area (Å²) >= 11 is 0. The van der Waals surface area contributed by atoms with E-state index < -0.39 is 5.41 Å². The maximum atomic E-state index is 13.0. The number of H-pyrrole nitrogens is 1. The summed E-state index contributed by atoms with van der Waals surface area (Å²) in [5, 5.41) is 2.97. The molecule has 1 aliphatic heterocycles. The first-order valence-electron chi connectivity index (χ1n) is 9.98. The van der Waals surface area contributed by atoms with Crippen LogP contribution in [0.2, 0.25) is 0 Å². The number of benzene rings is 1. The number of fused-ring (bicyclic) bond motifs is 1. The summed E-state index contributed by atoms with van der Waals surface area (Å²) in [5.41, 5.74) is 4.49. The van der Waals surface area contributed by atoms with Gasteiger partial charge in [-0.1, -0.05) is 33.4 Å². The lowest BCUT2D eigenvalue weighted by Crippen LogP contribution is -2.33. The van der Waals surface area contributed by atoms with Crippen molar-refractivity contribution in [1.82, 2.24) is 10.3 Å². The zero-order chi connectivity index (χ0) is 20.8. The van der Waals surface area contributed by atoms with E-state index in [-0.39, 0.29) is 18.1 Å². The highest BCUT2D eigenvalue weighted by Gasteiger charge is 2.51. The van der Waals surface area contributed by atoms with Crippen molar-refractivity contribution < 1.29 is 14.3 Å². The highest BCUT2D eigenvalue weighted by molar-refractivity contribution is 5.93. The van der Waals surface area contributed by atoms with E-state index in [0.29, 0.717) is 11.4 Å². The summed E-state index contributed by atoms with van der Waals surface area (Å²) in [5.74, 6) is 1.41. The monoisotopic (exact) mass is 392 g/mol. The number of allylic oxidation sites excluding steroid dienone is 1. The van der Waals surface area contributed by atoms with Crippen molar-refractivity contribution in [3.8, 4) is 11.5 Å². The SMILES string of the molecule is C=C(/C=C\c1[nH]c(C(C)(C)C)cc1C)NC(=O)C1(c2ccc3c(c2)OCO3)CC1. The molecule has 152 valence electrons. The van der Waals surface area contributed by atoms with Crippen LogP contribution in [-0.2, 0) is 15.6 Å². The highest BCUT2D eigenvalue weighted by Crippen LogP contribution is 2.50. The zero-order valence-electron chi connectivity index (χ0n) is 17.5. The zero-order valence-corrected chi connectivity index (χ0v) is 17.5. The summed E-state index contributed by atoms with van der Waals surface area (Å²) in [6.45, 7) is 12.8. The van der Waals surface area contributed by atoms with Crippen LogP contribution in [0, 0.1) is 6.92 Å². The van der Waals surface area contributed by atoms with Crippen molar-refractivity contribution in [3.05, 3.63) is 65.1 Å². The summed E-state index contributed by atoms with van der Waals surface area (Å²) in [7, 11) is 0. The van der Waals surface area contributed by atoms with E-state index in [4.69, 9.17) is 9.47 Å². The number of hydrogen-bond acceptors (Lipinski definition) is 3. The summed E-state index contributed by atoms with van der Waals surface area (Å²) in [6, 6.07) is 7.92. The molecule has 5 nitrogen and oxygen atoms in total. The fourth-order valence-corrected chi connectivity index (χ4v) is 3.61. The van der Waals surface area contributed by atoms with Crippen molar-refractivity contribution in [1.29, 1.82) is 0 Å². The summed E-state index contributed by atoms with van der Waals surface area (Å²) in [6.07, 6.45) is 5.45. The molecule has 0 saturated heterocycles. The molecule has 0 unspecified atom stereocenters. The van der Waals surface area contributed by atoms with Gasteiger partial charge >= 0.3 is 0 Å². The van der Waals surface area contributed by atoms with Crippen LogP contribution in [0.15, 0.2) is 42.6 Å². The molecule has 1 fully saturated rings. The van der Waals surface area contributed by atoms with Gasteiger partial charge in [-0.2, -0.15) is 0 Å². The average Bonchev–Trinajstić information content (AvgIpc) is 3.18. The van der Waals surface area contributed by atoms with E-state index in [1.54, 1.807) is 0 Å². The normalized spacial score (nSPS) is 16.8. The first-order valence-corrected chi connectivity index (χ1v) is 9.98. The van der Waals surface area contributed by atoms with Crippen LogP contribution in [0.3, 0.4) is 0 Å². The van der Waals surface area contributed by atoms with Crippen molar-refractivity contribution in [2.75, 3.05) is 6.79 Å². The maximum absolute atomic E-state index is 13.0. The van der Waals surface area contributed by atoms with Gasteiger partial charge in [0, 0.05) is 22.5 Å². The molecular weight excluding hydrogens is 364 g/mol. The second kappa shape index (κ2) is 6.83. The van der Waals surface area contributed by atoms with Gasteiger partial charge in [-0.25, -0.2) is 0 Å². The number of carbonyl (C=O) groups is 1. The number of aromatic amines is 1. The van der Waals surface area contributed by atoms with E-state index in [1.165, 1.54) is 11.3 Å². The molecule has 1 aliphatic carbocycles. The molecule has 0 spiro atoms. The molecule has 1 aromatic carbocycles. The molecule has 1 aromatic heterocycles. The van der Waals surface area contributed by atoms with Crippen LogP contribution in [0.4, 0.5) is 0 Å². The van der Waals surface area contributed by atoms with Gasteiger partial charge in [-0.3, -0.25) is 4.79 Å². The Kier molecular flexibility index (Phi) is 4.56. The lowest BCUT2D eigenvalue weighted by Gasteiger charge is -2.16. The Bertz CT molecular complexity index is 1000. The Hall–Kier alpha value is -2.95. The fourth-order valence-electron chi connectivity index (χ4n) is 3.61. The molecule has 0 atom stereocenters. The molecule has 0 bridgehead atoms. The van der Waals surface area contributed by atoms with Gasteiger partial charge in [0.05, 0.1) is 5.41 Å². The van der Waals surface area contributed by atoms with E-state index in [2.05, 4.69) is 50.6 Å². The molecule has 1 amide bonds. The topological polar surface area (TPSA) is 63.4 Å². The third-order valence-corrected chi connectivity index (χ3v) is 5.70. The molecule has 1 saturated carbocycles. The van der Waals surface area contributed by atoms with Gasteiger partial charge in [-0.15, -0.1) is 0 Å². The van der Waals surface area contributed by atoms with Gasteiger partial charge < -0.3 is 19.8 Å². The third-order valence-electron chi connectivity index (χ3n) is 5.70. The average molecular weight is 392 g/mol. The van der Waals surface area contributed by atoms with Crippen LogP contribution >= 0.6 is 0 Å². The molecule has 2 heterocycles. The largest absolute Gasteiger partial charge is 0.454 e. The Balaban J connectivity index is 1.44. The van der Waals surface area contributed by atoms with Crippen molar-refractivity contribution in [3.63, 3.8) is 0 Å². The minimum Gasteiger partial charge on any atom is -0.454 e. The molecule has 2 aromatic rings. The van der Waals surface area contributed by atoms with Gasteiger partial charge in [0.2, 0.25) is 12.7 Å². The number of rotatable bonds is 5. The second-order valence-electron chi connectivity index (χ2n) is 8.99. The Morgan fingerprint density at radius 3 is 2.59 bits per heavy atom. The predicted octanol–water partition coefficient (Wildman–Crippen LogP) is 4.72. The molecule has 2 aliphatic rings. The van der Waals surface area contributed by atoms with Crippen LogP contribution in [0.25, 0.3) is 6.08 Å². The standard InChI is InChI=1S/C24H28N2O3/c1-15-12-21(23(3,4)5)26-18(15)8-6-16(2)25-22(27)24(10-11-24)17-7-9-19-20(13-17)29-14-28-19/h6-9,12-13,26H,2,10-11,14H2,1,3-5H3,(H,25,27)/b8-6-. The van der Waals surface area contributed by atoms with Crippen LogP contribution in [0.5, 0.6) is 11.5 Å². The molecule has 4 rings (SSSR count). The van der Waals surface area contributed by atoms with Crippen LogP contribution in [0.1, 0.15) is 56.1 Å². The fraction of sp³-hybridized carbons (Fsp3) is 0.375. The first kappa shape index (κ1) is 19.4. The van der Waals surface area contributed by atoms with E-state index in [1.807, 2.05) is 30.4 Å². The Labute approximate surface area is 171 Å². The lowest BCUT2D eigenvalue weighted by atomic mass is 9.92. The van der Waals surface area contributed by atoms with Crippen LogP contribution in [-0.4, -0.2) is 17.7 Å². The number of aromatic nitrogens is 1. The second-order valence-corrected chi connectivity index (χ2v) is 8.99. The molecule has 29 heavy (non-hydrogen) atoms. The molecule has 2 N–H and O–H groups in total. The van der Waals surface area contributed by atoms with Gasteiger partial charge in [-0.05, 0) is 61.2 Å². The number of nitrogens with one attached hydrogen (secondary N) is 2. The third kappa shape index (κ3) is 3.69. The van der Waals surface area contributed by atoms with Crippen molar-refractivity contribution in [2.24, 2.45) is 0 Å². The number of aryl methyl sites for hydroxylation is 1. The molecule has 5 heteroatoms. The smallest absolute Gasteiger partial charge is 0.235 e. The quantitative estimate of drug-likeness (QED) is 0.724. The lowest BCUT2D eigenvalue weighted by molar-refractivity contribution is -0.122. The maximum Gasteiger partial charge on any atom is 0.235 e. The first-order chi connectivity index (χ1) is 13.7. The van der Waals surface area contributed by atoms with Crippen LogP contribution < -0.4 is 14.8 Å². The summed E-state index contributed by atoms with van der Waals surface area (Å²) < 4.78 is 10.8.